The quantitative estimate of drug-likeness (QED) is 0.373. The molecule has 0 aromatic carbocycles. The summed E-state index contributed by atoms with van der Waals surface area (Å²) in [5.41, 5.74) is 7.26. The predicted octanol–water partition coefficient (Wildman–Crippen LogP) is -0.431. The predicted molar refractivity (Wildman–Crippen MR) is 58.6 cm³/mol. The van der Waals surface area contributed by atoms with Crippen LogP contribution in [0.3, 0.4) is 0 Å². The lowest BCUT2D eigenvalue weighted by atomic mass is 10.2. The minimum Gasteiger partial charge on any atom is -0.443 e. The van der Waals surface area contributed by atoms with E-state index in [1.165, 1.54) is 7.05 Å². The van der Waals surface area contributed by atoms with Gasteiger partial charge in [0.1, 0.15) is 5.60 Å². The molecule has 0 aliphatic carbocycles. The number of carbonyl (C=O) groups excluding carboxylic acids is 3. The highest BCUT2D eigenvalue weighted by molar-refractivity contribution is 5.81. The molecule has 0 rings (SSSR count). The van der Waals surface area contributed by atoms with E-state index in [1.54, 1.807) is 20.8 Å². The standard InChI is InChI=1S/C8H17N5O4/c1-8(2,3)17-7(16)13-12-6(15)11-10-5(14)9-4/h1-4H3,(H,13,16)(H2,9,10,14)(H2,11,12,15). The maximum atomic E-state index is 11.1. The van der Waals surface area contributed by atoms with Gasteiger partial charge in [0.25, 0.3) is 0 Å². The van der Waals surface area contributed by atoms with Gasteiger partial charge in [-0.05, 0) is 20.8 Å². The van der Waals surface area contributed by atoms with E-state index in [0.29, 0.717) is 0 Å². The first kappa shape index (κ1) is 14.8. The highest BCUT2D eigenvalue weighted by atomic mass is 16.6. The lowest BCUT2D eigenvalue weighted by molar-refractivity contribution is 0.0504. The normalized spacial score (nSPS) is 9.88. The van der Waals surface area contributed by atoms with Crippen LogP contribution < -0.4 is 27.0 Å². The van der Waals surface area contributed by atoms with Crippen LogP contribution in [0.4, 0.5) is 14.4 Å². The van der Waals surface area contributed by atoms with E-state index < -0.39 is 23.8 Å². The van der Waals surface area contributed by atoms with Crippen molar-refractivity contribution in [1.82, 2.24) is 27.0 Å². The van der Waals surface area contributed by atoms with Crippen molar-refractivity contribution in [1.29, 1.82) is 0 Å². The van der Waals surface area contributed by atoms with E-state index in [1.807, 2.05) is 21.7 Å². The van der Waals surface area contributed by atoms with Crippen molar-refractivity contribution in [2.75, 3.05) is 7.05 Å². The van der Waals surface area contributed by atoms with Crippen LogP contribution >= 0.6 is 0 Å². The van der Waals surface area contributed by atoms with Gasteiger partial charge in [-0.15, -0.1) is 0 Å². The van der Waals surface area contributed by atoms with Crippen molar-refractivity contribution in [2.24, 2.45) is 0 Å². The van der Waals surface area contributed by atoms with E-state index in [9.17, 15) is 14.4 Å². The number of carbonyl (C=O) groups is 3. The lowest BCUT2D eigenvalue weighted by Gasteiger charge is -2.19. The van der Waals surface area contributed by atoms with Crippen molar-refractivity contribution in [3.05, 3.63) is 0 Å². The molecule has 0 radical (unpaired) electrons. The third-order valence-electron chi connectivity index (χ3n) is 1.19. The summed E-state index contributed by atoms with van der Waals surface area (Å²) in [6.45, 7) is 5.04. The number of ether oxygens (including phenoxy) is 1. The molecule has 0 spiro atoms. The first-order valence-electron chi connectivity index (χ1n) is 4.77. The molecule has 0 fully saturated rings. The van der Waals surface area contributed by atoms with Gasteiger partial charge in [-0.3, -0.25) is 0 Å². The number of nitrogens with one attached hydrogen (secondary N) is 5. The fraction of sp³-hybridized carbons (Fsp3) is 0.625. The molecule has 0 unspecified atom stereocenters. The third-order valence-corrected chi connectivity index (χ3v) is 1.19. The summed E-state index contributed by atoms with van der Waals surface area (Å²) in [6, 6.07) is -1.42. The van der Waals surface area contributed by atoms with Crippen molar-refractivity contribution < 1.29 is 19.1 Å². The number of urea groups is 2. The Balaban J connectivity index is 3.77. The average Bonchev–Trinajstić information content (AvgIpc) is 2.20. The Hall–Kier alpha value is -2.19. The minimum absolute atomic E-state index is 0.600. The minimum atomic E-state index is -0.820. The molecule has 0 aromatic rings. The lowest BCUT2D eigenvalue weighted by Crippen LogP contribution is -2.54. The Morgan fingerprint density at radius 1 is 0.882 bits per heavy atom. The summed E-state index contributed by atoms with van der Waals surface area (Å²) >= 11 is 0. The topological polar surface area (TPSA) is 121 Å². The number of hydrogen-bond donors (Lipinski definition) is 5. The largest absolute Gasteiger partial charge is 0.443 e. The van der Waals surface area contributed by atoms with E-state index in [4.69, 9.17) is 4.74 Å². The molecular formula is C8H17N5O4. The smallest absolute Gasteiger partial charge is 0.426 e. The molecule has 0 saturated heterocycles. The fourth-order valence-electron chi connectivity index (χ4n) is 0.619. The highest BCUT2D eigenvalue weighted by Crippen LogP contribution is 2.05. The molecule has 0 aromatic heterocycles. The Labute approximate surface area is 98.6 Å². The van der Waals surface area contributed by atoms with Gasteiger partial charge in [-0.25, -0.2) is 36.1 Å². The highest BCUT2D eigenvalue weighted by Gasteiger charge is 2.16. The number of rotatable bonds is 0. The summed E-state index contributed by atoms with van der Waals surface area (Å²) in [5.74, 6) is 0. The van der Waals surface area contributed by atoms with Gasteiger partial charge in [0.2, 0.25) is 0 Å². The van der Waals surface area contributed by atoms with Crippen LogP contribution in [0.15, 0.2) is 0 Å². The summed E-state index contributed by atoms with van der Waals surface area (Å²) in [5, 5.41) is 2.21. The maximum Gasteiger partial charge on any atom is 0.426 e. The zero-order chi connectivity index (χ0) is 13.5. The number of hydrazine groups is 2. The van der Waals surface area contributed by atoms with Crippen LogP contribution in [0.1, 0.15) is 20.8 Å². The zero-order valence-corrected chi connectivity index (χ0v) is 10.1. The molecule has 9 heteroatoms. The molecule has 5 N–H and O–H groups in total. The van der Waals surface area contributed by atoms with E-state index in [0.717, 1.165) is 0 Å². The van der Waals surface area contributed by atoms with Gasteiger partial charge in [0.15, 0.2) is 0 Å². The van der Waals surface area contributed by atoms with Gasteiger partial charge in [0, 0.05) is 7.05 Å². The summed E-state index contributed by atoms with van der Waals surface area (Å²) in [4.78, 5) is 32.7. The molecule has 17 heavy (non-hydrogen) atoms. The van der Waals surface area contributed by atoms with Gasteiger partial charge in [0.05, 0.1) is 0 Å². The van der Waals surface area contributed by atoms with Crippen LogP contribution in [0.5, 0.6) is 0 Å². The van der Waals surface area contributed by atoms with Crippen LogP contribution in [-0.4, -0.2) is 30.8 Å². The van der Waals surface area contributed by atoms with Gasteiger partial charge < -0.3 is 10.1 Å². The van der Waals surface area contributed by atoms with E-state index in [-0.39, 0.29) is 0 Å². The molecule has 0 bridgehead atoms. The number of amides is 5. The first-order valence-corrected chi connectivity index (χ1v) is 4.77. The Kier molecular flexibility index (Phi) is 5.58. The van der Waals surface area contributed by atoms with Gasteiger partial charge in [-0.1, -0.05) is 0 Å². The van der Waals surface area contributed by atoms with Crippen LogP contribution in [0.25, 0.3) is 0 Å². The zero-order valence-electron chi connectivity index (χ0n) is 10.1. The SMILES string of the molecule is CNC(=O)NNC(=O)NNC(=O)OC(C)(C)C. The fourth-order valence-corrected chi connectivity index (χ4v) is 0.619. The van der Waals surface area contributed by atoms with Crippen molar-refractivity contribution >= 4 is 18.2 Å². The molecular weight excluding hydrogens is 230 g/mol. The van der Waals surface area contributed by atoms with Crippen LogP contribution in [0, 0.1) is 0 Å². The van der Waals surface area contributed by atoms with Gasteiger partial charge in [-0.2, -0.15) is 0 Å². The third kappa shape index (κ3) is 8.78. The second kappa shape index (κ2) is 6.40. The summed E-state index contributed by atoms with van der Waals surface area (Å²) in [6.07, 6.45) is -0.812. The van der Waals surface area contributed by atoms with Crippen molar-refractivity contribution in [3.63, 3.8) is 0 Å². The molecule has 0 atom stereocenters. The summed E-state index contributed by atoms with van der Waals surface area (Å²) in [7, 11) is 1.38. The van der Waals surface area contributed by atoms with Crippen LogP contribution in [0.2, 0.25) is 0 Å². The molecule has 0 aliphatic rings. The average molecular weight is 247 g/mol. The van der Waals surface area contributed by atoms with Gasteiger partial charge >= 0.3 is 18.2 Å². The molecule has 98 valence electrons. The first-order chi connectivity index (χ1) is 7.74. The molecule has 5 amide bonds. The molecule has 9 nitrogen and oxygen atoms in total. The molecule has 0 saturated carbocycles. The number of hydrogen-bond acceptors (Lipinski definition) is 4. The molecule has 0 heterocycles. The van der Waals surface area contributed by atoms with Crippen molar-refractivity contribution in [3.8, 4) is 0 Å². The maximum absolute atomic E-state index is 11.1. The second-order valence-corrected chi connectivity index (χ2v) is 3.91. The van der Waals surface area contributed by atoms with E-state index in [2.05, 4.69) is 5.32 Å². The van der Waals surface area contributed by atoms with Crippen LogP contribution in [-0.2, 0) is 4.74 Å². The van der Waals surface area contributed by atoms with E-state index >= 15 is 0 Å². The van der Waals surface area contributed by atoms with Crippen molar-refractivity contribution in [2.45, 2.75) is 26.4 Å². The Morgan fingerprint density at radius 2 is 1.35 bits per heavy atom. The molecule has 0 aliphatic heterocycles. The Bertz CT molecular complexity index is 299. The summed E-state index contributed by atoms with van der Waals surface area (Å²) < 4.78 is 4.84. The second-order valence-electron chi connectivity index (χ2n) is 3.91. The Morgan fingerprint density at radius 3 is 1.82 bits per heavy atom. The monoisotopic (exact) mass is 247 g/mol.